The van der Waals surface area contributed by atoms with Gasteiger partial charge in [-0.1, -0.05) is 6.42 Å². The summed E-state index contributed by atoms with van der Waals surface area (Å²) in [6.45, 7) is 6.08. The van der Waals surface area contributed by atoms with Gasteiger partial charge in [0.15, 0.2) is 0 Å². The van der Waals surface area contributed by atoms with Gasteiger partial charge >= 0.3 is 0 Å². The maximum Gasteiger partial charge on any atom is 0.236 e. The summed E-state index contributed by atoms with van der Waals surface area (Å²) in [4.78, 5) is 31.5. The van der Waals surface area contributed by atoms with Crippen molar-refractivity contribution in [2.45, 2.75) is 38.3 Å². The lowest BCUT2D eigenvalue weighted by Crippen LogP contribution is -2.55. The number of piperazine rings is 1. The maximum atomic E-state index is 12.7. The third-order valence-corrected chi connectivity index (χ3v) is 6.35. The Labute approximate surface area is 153 Å². The fourth-order valence-corrected chi connectivity index (χ4v) is 4.54. The minimum atomic E-state index is 0.276. The van der Waals surface area contributed by atoms with Gasteiger partial charge in [0.25, 0.3) is 0 Å². The Hall–Kier alpha value is -1.99. The fraction of sp³-hybridized carbons (Fsp3) is 0.632. The molecule has 0 bridgehead atoms. The Kier molecular flexibility index (Phi) is 4.13. The summed E-state index contributed by atoms with van der Waals surface area (Å²) in [6.07, 6.45) is 8.48. The quantitative estimate of drug-likeness (QED) is 0.891. The molecule has 3 aliphatic rings. The standard InChI is InChI=1S/C19H26N6O/c26-18(25-8-6-24(7-9-25)14-2-1-3-14)12-23-5-4-15-16-10-20-13-21-19(16)22-17(15)11-23/h10,13-14H,1-9,11-12H2,(H,20,21,22). The minimum absolute atomic E-state index is 0.276. The molecule has 4 heterocycles. The number of rotatable bonds is 3. The number of fused-ring (bicyclic) bond motifs is 3. The summed E-state index contributed by atoms with van der Waals surface area (Å²) >= 11 is 0. The minimum Gasteiger partial charge on any atom is -0.342 e. The number of H-pyrrole nitrogens is 1. The molecule has 7 heteroatoms. The molecule has 2 aromatic rings. The van der Waals surface area contributed by atoms with E-state index in [0.717, 1.165) is 62.8 Å². The van der Waals surface area contributed by atoms with E-state index in [9.17, 15) is 4.79 Å². The van der Waals surface area contributed by atoms with Crippen molar-refractivity contribution in [2.24, 2.45) is 0 Å². The predicted octanol–water partition coefficient (Wildman–Crippen LogP) is 1.01. The number of carbonyl (C=O) groups excluding carboxylic acids is 1. The van der Waals surface area contributed by atoms with E-state index in [2.05, 4.69) is 29.7 Å². The van der Waals surface area contributed by atoms with E-state index in [1.165, 1.54) is 30.5 Å². The van der Waals surface area contributed by atoms with Gasteiger partial charge in [0.1, 0.15) is 12.0 Å². The van der Waals surface area contributed by atoms with E-state index in [0.29, 0.717) is 6.54 Å². The molecule has 2 aliphatic heterocycles. The molecule has 138 valence electrons. The number of hydrogen-bond donors (Lipinski definition) is 1. The van der Waals surface area contributed by atoms with Crippen LogP contribution in [-0.2, 0) is 17.8 Å². The van der Waals surface area contributed by atoms with Crippen LogP contribution in [0.15, 0.2) is 12.5 Å². The van der Waals surface area contributed by atoms with E-state index >= 15 is 0 Å². The highest BCUT2D eigenvalue weighted by Gasteiger charge is 2.30. The van der Waals surface area contributed by atoms with Crippen molar-refractivity contribution in [2.75, 3.05) is 39.3 Å². The second-order valence-electron chi connectivity index (χ2n) is 7.83. The van der Waals surface area contributed by atoms with Gasteiger partial charge in [-0.25, -0.2) is 9.97 Å². The molecular weight excluding hydrogens is 328 g/mol. The van der Waals surface area contributed by atoms with E-state index in [4.69, 9.17) is 0 Å². The average Bonchev–Trinajstić information content (AvgIpc) is 2.98. The van der Waals surface area contributed by atoms with Crippen molar-refractivity contribution < 1.29 is 4.79 Å². The van der Waals surface area contributed by atoms with Crippen LogP contribution in [0.1, 0.15) is 30.5 Å². The van der Waals surface area contributed by atoms with Gasteiger partial charge in [-0.15, -0.1) is 0 Å². The zero-order valence-electron chi connectivity index (χ0n) is 15.2. The summed E-state index contributed by atoms with van der Waals surface area (Å²) in [5, 5.41) is 1.13. The number of carbonyl (C=O) groups is 1. The zero-order valence-corrected chi connectivity index (χ0v) is 15.2. The lowest BCUT2D eigenvalue weighted by atomic mass is 9.91. The van der Waals surface area contributed by atoms with Gasteiger partial charge in [0.05, 0.1) is 6.54 Å². The molecule has 0 radical (unpaired) electrons. The van der Waals surface area contributed by atoms with Crippen LogP contribution in [0.4, 0.5) is 0 Å². The predicted molar refractivity (Wildman–Crippen MR) is 98.7 cm³/mol. The first kappa shape index (κ1) is 16.2. The highest BCUT2D eigenvalue weighted by atomic mass is 16.2. The number of aromatic nitrogens is 3. The molecule has 0 aromatic carbocycles. The van der Waals surface area contributed by atoms with Crippen molar-refractivity contribution in [3.05, 3.63) is 23.8 Å². The molecule has 2 fully saturated rings. The number of nitrogens with zero attached hydrogens (tertiary/aromatic N) is 5. The van der Waals surface area contributed by atoms with Crippen molar-refractivity contribution in [3.63, 3.8) is 0 Å². The first-order valence-corrected chi connectivity index (χ1v) is 9.81. The lowest BCUT2D eigenvalue weighted by Gasteiger charge is -2.43. The smallest absolute Gasteiger partial charge is 0.236 e. The monoisotopic (exact) mass is 354 g/mol. The number of hydrogen-bond acceptors (Lipinski definition) is 5. The second-order valence-corrected chi connectivity index (χ2v) is 7.83. The third kappa shape index (κ3) is 2.89. The SMILES string of the molecule is O=C(CN1CCc2c([nH]c3ncncc23)C1)N1CCN(C2CCC2)CC1. The maximum absolute atomic E-state index is 12.7. The molecule has 1 aliphatic carbocycles. The van der Waals surface area contributed by atoms with Crippen LogP contribution in [-0.4, -0.2) is 80.9 Å². The lowest BCUT2D eigenvalue weighted by molar-refractivity contribution is -0.135. The number of nitrogens with one attached hydrogen (secondary N) is 1. The summed E-state index contributed by atoms with van der Waals surface area (Å²) in [5.74, 6) is 0.276. The molecule has 0 unspecified atom stereocenters. The molecule has 1 amide bonds. The molecule has 0 atom stereocenters. The number of amides is 1. The van der Waals surface area contributed by atoms with Crippen molar-refractivity contribution in [1.82, 2.24) is 29.7 Å². The van der Waals surface area contributed by atoms with Crippen LogP contribution in [0.5, 0.6) is 0 Å². The summed E-state index contributed by atoms with van der Waals surface area (Å²) < 4.78 is 0. The molecule has 1 saturated heterocycles. The van der Waals surface area contributed by atoms with E-state index in [1.807, 2.05) is 6.20 Å². The van der Waals surface area contributed by atoms with E-state index in [1.54, 1.807) is 6.33 Å². The van der Waals surface area contributed by atoms with Gasteiger partial charge in [0.2, 0.25) is 5.91 Å². The summed E-state index contributed by atoms with van der Waals surface area (Å²) in [7, 11) is 0. The normalized spacial score (nSPS) is 22.4. The molecule has 1 saturated carbocycles. The van der Waals surface area contributed by atoms with Crippen LogP contribution >= 0.6 is 0 Å². The van der Waals surface area contributed by atoms with Gasteiger partial charge in [-0.2, -0.15) is 0 Å². The Bertz CT molecular complexity index is 805. The first-order valence-electron chi connectivity index (χ1n) is 9.81. The van der Waals surface area contributed by atoms with Crippen LogP contribution in [0.2, 0.25) is 0 Å². The van der Waals surface area contributed by atoms with Crippen molar-refractivity contribution in [1.29, 1.82) is 0 Å². The van der Waals surface area contributed by atoms with Crippen LogP contribution < -0.4 is 0 Å². The van der Waals surface area contributed by atoms with Gasteiger partial charge in [-0.05, 0) is 24.8 Å². The number of aromatic amines is 1. The third-order valence-electron chi connectivity index (χ3n) is 6.35. The van der Waals surface area contributed by atoms with E-state index < -0.39 is 0 Å². The fourth-order valence-electron chi connectivity index (χ4n) is 4.54. The molecule has 26 heavy (non-hydrogen) atoms. The van der Waals surface area contributed by atoms with Crippen molar-refractivity contribution in [3.8, 4) is 0 Å². The van der Waals surface area contributed by atoms with Crippen LogP contribution in [0, 0.1) is 0 Å². The second kappa shape index (κ2) is 6.63. The van der Waals surface area contributed by atoms with E-state index in [-0.39, 0.29) is 5.91 Å². The van der Waals surface area contributed by atoms with Gasteiger partial charge in [-0.3, -0.25) is 14.6 Å². The topological polar surface area (TPSA) is 68.4 Å². The zero-order chi connectivity index (χ0) is 17.5. The molecule has 7 nitrogen and oxygen atoms in total. The van der Waals surface area contributed by atoms with Crippen molar-refractivity contribution >= 4 is 16.9 Å². The van der Waals surface area contributed by atoms with Crippen LogP contribution in [0.3, 0.4) is 0 Å². The highest BCUT2D eigenvalue weighted by molar-refractivity contribution is 5.81. The molecule has 1 N–H and O–H groups in total. The van der Waals surface area contributed by atoms with Gasteiger partial charge < -0.3 is 9.88 Å². The molecular formula is C19H26N6O. The Morgan fingerprint density at radius 1 is 1.19 bits per heavy atom. The summed E-state index contributed by atoms with van der Waals surface area (Å²) in [6, 6.07) is 0.790. The first-order chi connectivity index (χ1) is 12.8. The summed E-state index contributed by atoms with van der Waals surface area (Å²) in [5.41, 5.74) is 3.41. The Morgan fingerprint density at radius 2 is 2.04 bits per heavy atom. The van der Waals surface area contributed by atoms with Gasteiger partial charge in [0, 0.05) is 62.6 Å². The average molecular weight is 354 g/mol. The molecule has 5 rings (SSSR count). The molecule has 0 spiro atoms. The molecule has 2 aromatic heterocycles. The Morgan fingerprint density at radius 3 is 2.81 bits per heavy atom. The van der Waals surface area contributed by atoms with Crippen LogP contribution in [0.25, 0.3) is 11.0 Å². The highest BCUT2D eigenvalue weighted by Crippen LogP contribution is 2.27. The largest absolute Gasteiger partial charge is 0.342 e. The Balaban J connectivity index is 1.19.